The van der Waals surface area contributed by atoms with E-state index < -0.39 is 6.10 Å². The fourth-order valence-corrected chi connectivity index (χ4v) is 3.70. The number of phenolic OH excluding ortho intramolecular Hbond substituents is 1. The van der Waals surface area contributed by atoms with E-state index in [0.29, 0.717) is 12.0 Å². The molecule has 0 bridgehead atoms. The fourth-order valence-electron chi connectivity index (χ4n) is 3.70. The Balaban J connectivity index is 2.18. The topological polar surface area (TPSA) is 66.8 Å². The highest BCUT2D eigenvalue weighted by atomic mass is 16.5. The lowest BCUT2D eigenvalue weighted by atomic mass is 9.81. The number of ketones is 1. The Kier molecular flexibility index (Phi) is 7.81. The Morgan fingerprint density at radius 2 is 1.85 bits per heavy atom. The second kappa shape index (κ2) is 9.86. The predicted octanol–water partition coefficient (Wildman–Crippen LogP) is 4.67. The summed E-state index contributed by atoms with van der Waals surface area (Å²) in [7, 11) is 0. The van der Waals surface area contributed by atoms with Gasteiger partial charge in [-0.3, -0.25) is 4.79 Å². The summed E-state index contributed by atoms with van der Waals surface area (Å²) in [6.07, 6.45) is 5.94. The van der Waals surface area contributed by atoms with Crippen LogP contribution in [-0.2, 0) is 4.74 Å². The van der Waals surface area contributed by atoms with Gasteiger partial charge in [0.15, 0.2) is 5.78 Å². The van der Waals surface area contributed by atoms with Crippen molar-refractivity contribution in [2.45, 2.75) is 59.2 Å². The molecule has 1 aromatic rings. The van der Waals surface area contributed by atoms with Crippen LogP contribution in [-0.4, -0.2) is 34.8 Å². The van der Waals surface area contributed by atoms with E-state index in [2.05, 4.69) is 33.8 Å². The molecule has 27 heavy (non-hydrogen) atoms. The molecule has 0 unspecified atom stereocenters. The minimum absolute atomic E-state index is 0.0403. The standard InChI is InChI=1S/C23H32O4/c1-15(2)23-20(25)12-16(3)6-5-7-17(4)13-22(23)27-14-21(26)18-8-10-19(24)11-9-18/h7-12,15,20,22-25H,5-6,13-14H2,1-4H3/b16-12+,17-7+/t20-,22-,23-/m0/s1. The van der Waals surface area contributed by atoms with E-state index in [1.807, 2.05) is 6.08 Å². The molecule has 0 amide bonds. The quantitative estimate of drug-likeness (QED) is 0.582. The molecular formula is C23H32O4. The first-order valence-corrected chi connectivity index (χ1v) is 9.72. The van der Waals surface area contributed by atoms with Gasteiger partial charge in [-0.25, -0.2) is 0 Å². The average Bonchev–Trinajstić information content (AvgIpc) is 2.59. The van der Waals surface area contributed by atoms with Crippen LogP contribution in [0.3, 0.4) is 0 Å². The van der Waals surface area contributed by atoms with Crippen LogP contribution in [0.5, 0.6) is 5.75 Å². The second-order valence-electron chi connectivity index (χ2n) is 7.94. The number of rotatable bonds is 5. The molecule has 4 heteroatoms. The van der Waals surface area contributed by atoms with Crippen LogP contribution >= 0.6 is 0 Å². The Morgan fingerprint density at radius 3 is 2.48 bits per heavy atom. The third-order valence-corrected chi connectivity index (χ3v) is 5.22. The summed E-state index contributed by atoms with van der Waals surface area (Å²) in [4.78, 5) is 12.5. The maximum Gasteiger partial charge on any atom is 0.188 e. The molecular weight excluding hydrogens is 340 g/mol. The zero-order valence-electron chi connectivity index (χ0n) is 16.8. The van der Waals surface area contributed by atoms with Crippen molar-refractivity contribution in [3.8, 4) is 5.75 Å². The van der Waals surface area contributed by atoms with E-state index in [1.165, 1.54) is 23.3 Å². The number of allylic oxidation sites excluding steroid dienone is 2. The molecule has 0 fully saturated rings. The number of hydrogen-bond donors (Lipinski definition) is 2. The monoisotopic (exact) mass is 372 g/mol. The van der Waals surface area contributed by atoms with E-state index in [-0.39, 0.29) is 36.1 Å². The molecule has 148 valence electrons. The molecule has 0 aliphatic heterocycles. The Morgan fingerprint density at radius 1 is 1.19 bits per heavy atom. The highest BCUT2D eigenvalue weighted by molar-refractivity contribution is 5.97. The maximum absolute atomic E-state index is 12.5. The summed E-state index contributed by atoms with van der Waals surface area (Å²) in [5, 5.41) is 20.2. The van der Waals surface area contributed by atoms with Gasteiger partial charge in [0, 0.05) is 11.5 Å². The minimum Gasteiger partial charge on any atom is -0.508 e. The van der Waals surface area contributed by atoms with Crippen molar-refractivity contribution in [2.24, 2.45) is 11.8 Å². The van der Waals surface area contributed by atoms with Crippen LogP contribution in [0.15, 0.2) is 47.6 Å². The molecule has 1 aromatic carbocycles. The van der Waals surface area contributed by atoms with Gasteiger partial charge in [0.2, 0.25) is 0 Å². The Labute approximate surface area is 162 Å². The van der Waals surface area contributed by atoms with E-state index in [9.17, 15) is 15.0 Å². The molecule has 0 heterocycles. The van der Waals surface area contributed by atoms with Crippen LogP contribution in [0.2, 0.25) is 0 Å². The Hall–Kier alpha value is -1.91. The molecule has 0 spiro atoms. The zero-order valence-corrected chi connectivity index (χ0v) is 16.8. The summed E-state index contributed by atoms with van der Waals surface area (Å²) in [6.45, 7) is 8.26. The van der Waals surface area contributed by atoms with E-state index in [0.717, 1.165) is 12.8 Å². The average molecular weight is 373 g/mol. The summed E-state index contributed by atoms with van der Waals surface area (Å²) < 4.78 is 6.07. The molecule has 4 nitrogen and oxygen atoms in total. The molecule has 1 aliphatic rings. The van der Waals surface area contributed by atoms with E-state index in [1.54, 1.807) is 12.1 Å². The summed E-state index contributed by atoms with van der Waals surface area (Å²) in [5.41, 5.74) is 2.92. The molecule has 1 aliphatic carbocycles. The first kappa shape index (κ1) is 21.4. The van der Waals surface area contributed by atoms with Crippen molar-refractivity contribution >= 4 is 5.78 Å². The van der Waals surface area contributed by atoms with Crippen molar-refractivity contribution in [1.82, 2.24) is 0 Å². The predicted molar refractivity (Wildman–Crippen MR) is 108 cm³/mol. The van der Waals surface area contributed by atoms with Crippen LogP contribution in [0.1, 0.15) is 57.3 Å². The zero-order chi connectivity index (χ0) is 20.0. The van der Waals surface area contributed by atoms with Crippen molar-refractivity contribution in [3.05, 3.63) is 53.1 Å². The van der Waals surface area contributed by atoms with Crippen LogP contribution in [0, 0.1) is 11.8 Å². The SMILES string of the molecule is C/C1=C\[C@H](O)[C@H](C(C)C)[C@@H](OCC(=O)c2ccc(O)cc2)C/C(C)=C/CC1. The van der Waals surface area contributed by atoms with Gasteiger partial charge < -0.3 is 14.9 Å². The lowest BCUT2D eigenvalue weighted by Crippen LogP contribution is -2.38. The van der Waals surface area contributed by atoms with Gasteiger partial charge >= 0.3 is 0 Å². The number of hydrogen-bond acceptors (Lipinski definition) is 4. The largest absolute Gasteiger partial charge is 0.508 e. The third kappa shape index (κ3) is 6.33. The van der Waals surface area contributed by atoms with Gasteiger partial charge in [-0.15, -0.1) is 0 Å². The van der Waals surface area contributed by atoms with Crippen LogP contribution < -0.4 is 0 Å². The van der Waals surface area contributed by atoms with E-state index in [4.69, 9.17) is 4.74 Å². The smallest absolute Gasteiger partial charge is 0.188 e. The van der Waals surface area contributed by atoms with Crippen molar-refractivity contribution in [2.75, 3.05) is 6.61 Å². The molecule has 0 saturated heterocycles. The minimum atomic E-state index is -0.593. The normalized spacial score (nSPS) is 28.1. The molecule has 0 saturated carbocycles. The number of aromatic hydroxyl groups is 1. The Bertz CT molecular complexity index is 685. The number of ether oxygens (including phenoxy) is 1. The van der Waals surface area contributed by atoms with Crippen molar-refractivity contribution in [1.29, 1.82) is 0 Å². The second-order valence-corrected chi connectivity index (χ2v) is 7.94. The highest BCUT2D eigenvalue weighted by Crippen LogP contribution is 2.30. The number of aliphatic hydroxyl groups is 1. The van der Waals surface area contributed by atoms with Gasteiger partial charge in [0.25, 0.3) is 0 Å². The number of aliphatic hydroxyl groups excluding tert-OH is 1. The van der Waals surface area contributed by atoms with Crippen LogP contribution in [0.4, 0.5) is 0 Å². The summed E-state index contributed by atoms with van der Waals surface area (Å²) in [6, 6.07) is 6.19. The summed E-state index contributed by atoms with van der Waals surface area (Å²) in [5.74, 6) is 0.127. The van der Waals surface area contributed by atoms with Crippen molar-refractivity contribution in [3.63, 3.8) is 0 Å². The third-order valence-electron chi connectivity index (χ3n) is 5.22. The van der Waals surface area contributed by atoms with Crippen LogP contribution in [0.25, 0.3) is 0 Å². The van der Waals surface area contributed by atoms with E-state index >= 15 is 0 Å². The highest BCUT2D eigenvalue weighted by Gasteiger charge is 2.32. The number of Topliss-reactive ketones (excluding diaryl/α,β-unsaturated/α-hetero) is 1. The van der Waals surface area contributed by atoms with Gasteiger partial charge in [-0.05, 0) is 63.3 Å². The maximum atomic E-state index is 12.5. The van der Waals surface area contributed by atoms with Gasteiger partial charge in [-0.1, -0.05) is 37.1 Å². The number of phenols is 1. The van der Waals surface area contributed by atoms with Gasteiger partial charge in [0.1, 0.15) is 12.4 Å². The first-order valence-electron chi connectivity index (χ1n) is 9.72. The first-order chi connectivity index (χ1) is 12.8. The fraction of sp³-hybridized carbons (Fsp3) is 0.522. The number of carbonyl (C=O) groups excluding carboxylic acids is 1. The summed E-state index contributed by atoms with van der Waals surface area (Å²) >= 11 is 0. The molecule has 2 N–H and O–H groups in total. The lowest BCUT2D eigenvalue weighted by Gasteiger charge is -2.34. The number of benzene rings is 1. The number of carbonyl (C=O) groups is 1. The van der Waals surface area contributed by atoms with Crippen molar-refractivity contribution < 1.29 is 19.7 Å². The lowest BCUT2D eigenvalue weighted by molar-refractivity contribution is -0.0348. The molecule has 0 radical (unpaired) electrons. The molecule has 3 atom stereocenters. The molecule has 2 rings (SSSR count). The molecule has 0 aromatic heterocycles. The van der Waals surface area contributed by atoms with Gasteiger partial charge in [-0.2, -0.15) is 0 Å². The van der Waals surface area contributed by atoms with Gasteiger partial charge in [0.05, 0.1) is 12.2 Å².